The fourth-order valence-corrected chi connectivity index (χ4v) is 2.94. The highest BCUT2D eigenvalue weighted by Crippen LogP contribution is 2.25. The van der Waals surface area contributed by atoms with Crippen LogP contribution in [-0.2, 0) is 4.79 Å². The Kier molecular flexibility index (Phi) is 6.45. The molecule has 0 heterocycles. The van der Waals surface area contributed by atoms with Gasteiger partial charge >= 0.3 is 0 Å². The lowest BCUT2D eigenvalue weighted by Gasteiger charge is -2.16. The molecular weight excluding hydrogens is 359 g/mol. The maximum atomic E-state index is 12.1. The normalized spacial score (nSPS) is 11.7. The summed E-state index contributed by atoms with van der Waals surface area (Å²) in [7, 11) is 0. The standard InChI is InChI=1S/C19H20Cl2N2O2/c1-11-4-5-14(8-12(11)2)19(25)22-10-18(24)23-13(3)16-7-6-15(20)9-17(16)21/h4-9,13H,10H2,1-3H3,(H,22,25)(H,23,24). The van der Waals surface area contributed by atoms with Gasteiger partial charge in [-0.3, -0.25) is 9.59 Å². The van der Waals surface area contributed by atoms with Gasteiger partial charge in [-0.05, 0) is 61.7 Å². The molecule has 2 aromatic rings. The molecule has 0 saturated carbocycles. The summed E-state index contributed by atoms with van der Waals surface area (Å²) in [6.45, 7) is 5.63. The van der Waals surface area contributed by atoms with Crippen LogP contribution < -0.4 is 10.6 Å². The van der Waals surface area contributed by atoms with Gasteiger partial charge in [0.25, 0.3) is 5.91 Å². The van der Waals surface area contributed by atoms with Crippen LogP contribution in [0.25, 0.3) is 0 Å². The largest absolute Gasteiger partial charge is 0.348 e. The molecular formula is C19H20Cl2N2O2. The van der Waals surface area contributed by atoms with Crippen molar-refractivity contribution in [2.24, 2.45) is 0 Å². The molecule has 1 atom stereocenters. The zero-order chi connectivity index (χ0) is 18.6. The van der Waals surface area contributed by atoms with E-state index in [0.717, 1.165) is 16.7 Å². The summed E-state index contributed by atoms with van der Waals surface area (Å²) in [6.07, 6.45) is 0. The van der Waals surface area contributed by atoms with E-state index in [-0.39, 0.29) is 24.4 Å². The molecule has 0 aliphatic carbocycles. The predicted octanol–water partition coefficient (Wildman–Crippen LogP) is 4.22. The Morgan fingerprint density at radius 3 is 2.40 bits per heavy atom. The minimum atomic E-state index is -0.296. The molecule has 2 rings (SSSR count). The van der Waals surface area contributed by atoms with Crippen LogP contribution in [0.5, 0.6) is 0 Å². The van der Waals surface area contributed by atoms with Crippen LogP contribution in [0.2, 0.25) is 10.0 Å². The molecule has 6 heteroatoms. The second-order valence-electron chi connectivity index (χ2n) is 5.94. The smallest absolute Gasteiger partial charge is 0.251 e. The number of rotatable bonds is 5. The minimum absolute atomic E-state index is 0.110. The van der Waals surface area contributed by atoms with E-state index in [0.29, 0.717) is 15.6 Å². The van der Waals surface area contributed by atoms with Gasteiger partial charge in [0.2, 0.25) is 5.91 Å². The van der Waals surface area contributed by atoms with E-state index in [4.69, 9.17) is 23.2 Å². The molecule has 1 unspecified atom stereocenters. The van der Waals surface area contributed by atoms with Crippen molar-refractivity contribution in [2.75, 3.05) is 6.54 Å². The van der Waals surface area contributed by atoms with E-state index < -0.39 is 0 Å². The number of carbonyl (C=O) groups excluding carboxylic acids is 2. The Morgan fingerprint density at radius 1 is 1.04 bits per heavy atom. The van der Waals surface area contributed by atoms with Gasteiger partial charge in [0, 0.05) is 15.6 Å². The molecule has 0 radical (unpaired) electrons. The third kappa shape index (κ3) is 5.21. The quantitative estimate of drug-likeness (QED) is 0.817. The molecule has 0 bridgehead atoms. The number of amides is 2. The molecule has 132 valence electrons. The molecule has 2 aromatic carbocycles. The summed E-state index contributed by atoms with van der Waals surface area (Å²) in [4.78, 5) is 24.2. The zero-order valence-electron chi connectivity index (χ0n) is 14.3. The van der Waals surface area contributed by atoms with Crippen LogP contribution in [0, 0.1) is 13.8 Å². The van der Waals surface area contributed by atoms with Crippen molar-refractivity contribution in [2.45, 2.75) is 26.8 Å². The molecule has 2 amide bonds. The Balaban J connectivity index is 1.91. The van der Waals surface area contributed by atoms with Gasteiger partial charge in [-0.25, -0.2) is 0 Å². The second kappa shape index (κ2) is 8.37. The van der Waals surface area contributed by atoms with E-state index in [2.05, 4.69) is 10.6 Å². The van der Waals surface area contributed by atoms with E-state index in [9.17, 15) is 9.59 Å². The fraction of sp³-hybridized carbons (Fsp3) is 0.263. The molecule has 2 N–H and O–H groups in total. The van der Waals surface area contributed by atoms with E-state index in [1.165, 1.54) is 0 Å². The van der Waals surface area contributed by atoms with Crippen molar-refractivity contribution in [1.29, 1.82) is 0 Å². The van der Waals surface area contributed by atoms with Crippen molar-refractivity contribution < 1.29 is 9.59 Å². The maximum Gasteiger partial charge on any atom is 0.251 e. The maximum absolute atomic E-state index is 12.1. The monoisotopic (exact) mass is 378 g/mol. The lowest BCUT2D eigenvalue weighted by atomic mass is 10.1. The van der Waals surface area contributed by atoms with Crippen molar-refractivity contribution in [3.05, 3.63) is 68.7 Å². The topological polar surface area (TPSA) is 58.2 Å². The highest BCUT2D eigenvalue weighted by molar-refractivity contribution is 6.35. The van der Waals surface area contributed by atoms with Crippen LogP contribution in [0.1, 0.15) is 40.0 Å². The first-order valence-electron chi connectivity index (χ1n) is 7.87. The molecule has 0 aromatic heterocycles. The van der Waals surface area contributed by atoms with Gasteiger partial charge in [-0.15, -0.1) is 0 Å². The van der Waals surface area contributed by atoms with Crippen LogP contribution in [0.15, 0.2) is 36.4 Å². The van der Waals surface area contributed by atoms with Gasteiger partial charge in [0.1, 0.15) is 0 Å². The summed E-state index contributed by atoms with van der Waals surface area (Å²) >= 11 is 12.0. The Morgan fingerprint density at radius 2 is 1.76 bits per heavy atom. The van der Waals surface area contributed by atoms with Gasteiger partial charge in [-0.2, -0.15) is 0 Å². The first-order valence-corrected chi connectivity index (χ1v) is 8.63. The average Bonchev–Trinajstić information content (AvgIpc) is 2.55. The van der Waals surface area contributed by atoms with E-state index >= 15 is 0 Å². The van der Waals surface area contributed by atoms with Crippen molar-refractivity contribution in [1.82, 2.24) is 10.6 Å². The van der Waals surface area contributed by atoms with Gasteiger partial charge in [-0.1, -0.05) is 35.3 Å². The lowest BCUT2D eigenvalue weighted by molar-refractivity contribution is -0.120. The molecule has 25 heavy (non-hydrogen) atoms. The number of carbonyl (C=O) groups is 2. The van der Waals surface area contributed by atoms with Crippen LogP contribution >= 0.6 is 23.2 Å². The fourth-order valence-electron chi connectivity index (χ4n) is 2.37. The lowest BCUT2D eigenvalue weighted by Crippen LogP contribution is -2.38. The van der Waals surface area contributed by atoms with E-state index in [1.54, 1.807) is 30.3 Å². The predicted molar refractivity (Wildman–Crippen MR) is 101 cm³/mol. The van der Waals surface area contributed by atoms with Crippen molar-refractivity contribution in [3.8, 4) is 0 Å². The van der Waals surface area contributed by atoms with Gasteiger partial charge < -0.3 is 10.6 Å². The van der Waals surface area contributed by atoms with E-state index in [1.807, 2.05) is 26.8 Å². The Hall–Kier alpha value is -2.04. The number of aryl methyl sites for hydroxylation is 2. The third-order valence-electron chi connectivity index (χ3n) is 3.99. The van der Waals surface area contributed by atoms with Crippen molar-refractivity contribution >= 4 is 35.0 Å². The summed E-state index contributed by atoms with van der Waals surface area (Å²) in [5.41, 5.74) is 3.44. The molecule has 0 fully saturated rings. The minimum Gasteiger partial charge on any atom is -0.348 e. The average molecular weight is 379 g/mol. The number of benzene rings is 2. The summed E-state index contributed by atoms with van der Waals surface area (Å²) in [5, 5.41) is 6.44. The number of halogens is 2. The highest BCUT2D eigenvalue weighted by Gasteiger charge is 2.14. The molecule has 0 spiro atoms. The number of hydrogen-bond acceptors (Lipinski definition) is 2. The first kappa shape index (κ1) is 19.3. The summed E-state index contributed by atoms with van der Waals surface area (Å²) < 4.78 is 0. The summed E-state index contributed by atoms with van der Waals surface area (Å²) in [5.74, 6) is -0.578. The van der Waals surface area contributed by atoms with Gasteiger partial charge in [0.15, 0.2) is 0 Å². The Labute approximate surface area is 157 Å². The molecule has 0 aliphatic heterocycles. The zero-order valence-corrected chi connectivity index (χ0v) is 15.8. The SMILES string of the molecule is Cc1ccc(C(=O)NCC(=O)NC(C)c2ccc(Cl)cc2Cl)cc1C. The second-order valence-corrected chi connectivity index (χ2v) is 6.78. The number of hydrogen-bond donors (Lipinski definition) is 2. The van der Waals surface area contributed by atoms with Gasteiger partial charge in [0.05, 0.1) is 12.6 Å². The van der Waals surface area contributed by atoms with Crippen LogP contribution in [0.4, 0.5) is 0 Å². The van der Waals surface area contributed by atoms with Crippen LogP contribution in [-0.4, -0.2) is 18.4 Å². The molecule has 4 nitrogen and oxygen atoms in total. The number of nitrogens with one attached hydrogen (secondary N) is 2. The molecule has 0 saturated heterocycles. The highest BCUT2D eigenvalue weighted by atomic mass is 35.5. The third-order valence-corrected chi connectivity index (χ3v) is 4.55. The molecule has 0 aliphatic rings. The summed E-state index contributed by atoms with van der Waals surface area (Å²) in [6, 6.07) is 10.2. The van der Waals surface area contributed by atoms with Crippen molar-refractivity contribution in [3.63, 3.8) is 0 Å². The first-order chi connectivity index (χ1) is 11.8. The van der Waals surface area contributed by atoms with Crippen LogP contribution in [0.3, 0.4) is 0 Å². The Bertz CT molecular complexity index is 806.